The summed E-state index contributed by atoms with van der Waals surface area (Å²) in [6.07, 6.45) is 0. The van der Waals surface area contributed by atoms with E-state index in [1.165, 1.54) is 19.1 Å². The van der Waals surface area contributed by atoms with E-state index < -0.39 is 25.5 Å². The lowest BCUT2D eigenvalue weighted by atomic mass is 10.2. The first-order valence-corrected chi connectivity index (χ1v) is 8.87. The Morgan fingerprint density at radius 2 is 1.81 bits per heavy atom. The second-order valence-electron chi connectivity index (χ2n) is 5.11. The van der Waals surface area contributed by atoms with Crippen molar-refractivity contribution in [1.29, 1.82) is 0 Å². The number of carbonyl (C=O) groups excluding carboxylic acids is 1. The predicted molar refractivity (Wildman–Crippen MR) is 95.9 cm³/mol. The second-order valence-corrected chi connectivity index (χ2v) is 6.85. The van der Waals surface area contributed by atoms with Crippen LogP contribution < -0.4 is 10.0 Å². The van der Waals surface area contributed by atoms with Crippen molar-refractivity contribution in [2.45, 2.75) is 11.8 Å². The van der Waals surface area contributed by atoms with Gasteiger partial charge in [-0.2, -0.15) is 4.72 Å². The second kappa shape index (κ2) is 8.24. The molecule has 26 heavy (non-hydrogen) atoms. The van der Waals surface area contributed by atoms with Gasteiger partial charge in [0.15, 0.2) is 4.90 Å². The van der Waals surface area contributed by atoms with E-state index in [9.17, 15) is 23.3 Å². The van der Waals surface area contributed by atoms with Gasteiger partial charge in [0.25, 0.3) is 5.69 Å². The molecule has 2 N–H and O–H groups in total. The maximum absolute atomic E-state index is 12.2. The fraction of sp³-hybridized carbons (Fsp3) is 0.118. The summed E-state index contributed by atoms with van der Waals surface area (Å²) in [5, 5.41) is 13.6. The Bertz CT molecular complexity index is 989. The van der Waals surface area contributed by atoms with Crippen molar-refractivity contribution >= 4 is 27.3 Å². The van der Waals surface area contributed by atoms with Crippen LogP contribution in [-0.4, -0.2) is 25.8 Å². The molecule has 0 aromatic heterocycles. The average Bonchev–Trinajstić information content (AvgIpc) is 2.59. The van der Waals surface area contributed by atoms with Crippen LogP contribution in [0.25, 0.3) is 0 Å². The Morgan fingerprint density at radius 1 is 1.15 bits per heavy atom. The number of hydrogen-bond acceptors (Lipinski definition) is 5. The number of nitrogens with zero attached hydrogens (tertiary/aromatic N) is 1. The zero-order chi connectivity index (χ0) is 19.2. The lowest BCUT2D eigenvalue weighted by Gasteiger charge is -2.04. The quantitative estimate of drug-likeness (QED) is 0.471. The summed E-state index contributed by atoms with van der Waals surface area (Å²) >= 11 is 0. The van der Waals surface area contributed by atoms with E-state index >= 15 is 0 Å². The summed E-state index contributed by atoms with van der Waals surface area (Å²) in [6, 6.07) is 11.8. The third-order valence-electron chi connectivity index (χ3n) is 3.14. The molecule has 0 fully saturated rings. The van der Waals surface area contributed by atoms with E-state index in [0.717, 1.165) is 12.1 Å². The minimum absolute atomic E-state index is 0.187. The summed E-state index contributed by atoms with van der Waals surface area (Å²) in [7, 11) is -4.05. The molecule has 1 amide bonds. The molecule has 0 bridgehead atoms. The van der Waals surface area contributed by atoms with Crippen LogP contribution in [0.4, 0.5) is 11.4 Å². The van der Waals surface area contributed by atoms with Crippen LogP contribution in [0.2, 0.25) is 0 Å². The molecule has 0 saturated carbocycles. The Balaban J connectivity index is 2.05. The zero-order valence-electron chi connectivity index (χ0n) is 13.7. The van der Waals surface area contributed by atoms with E-state index in [4.69, 9.17) is 0 Å². The maximum atomic E-state index is 12.2. The van der Waals surface area contributed by atoms with Crippen LogP contribution in [-0.2, 0) is 14.8 Å². The Kier molecular flexibility index (Phi) is 6.06. The number of nitro groups is 1. The van der Waals surface area contributed by atoms with Gasteiger partial charge in [-0.25, -0.2) is 8.42 Å². The van der Waals surface area contributed by atoms with Gasteiger partial charge in [-0.05, 0) is 30.3 Å². The molecule has 0 spiro atoms. The summed E-state index contributed by atoms with van der Waals surface area (Å²) in [6.45, 7) is 1.19. The molecule has 134 valence electrons. The van der Waals surface area contributed by atoms with Crippen LogP contribution in [0.15, 0.2) is 53.4 Å². The molecule has 0 aliphatic carbocycles. The number of benzene rings is 2. The van der Waals surface area contributed by atoms with Gasteiger partial charge in [-0.15, -0.1) is 0 Å². The number of nitro benzene ring substituents is 1. The zero-order valence-corrected chi connectivity index (χ0v) is 14.5. The number of anilines is 1. The number of hydrogen-bond donors (Lipinski definition) is 2. The first kappa shape index (κ1) is 19.1. The summed E-state index contributed by atoms with van der Waals surface area (Å²) < 4.78 is 26.6. The van der Waals surface area contributed by atoms with Gasteiger partial charge in [0.1, 0.15) is 0 Å². The molecule has 0 unspecified atom stereocenters. The normalized spacial score (nSPS) is 10.5. The smallest absolute Gasteiger partial charge is 0.289 e. The van der Waals surface area contributed by atoms with E-state index in [1.54, 1.807) is 24.3 Å². The fourth-order valence-electron chi connectivity index (χ4n) is 2.03. The van der Waals surface area contributed by atoms with Gasteiger partial charge in [0.2, 0.25) is 15.9 Å². The molecule has 0 radical (unpaired) electrons. The molecule has 0 aliphatic heterocycles. The van der Waals surface area contributed by atoms with Crippen LogP contribution in [0.1, 0.15) is 12.5 Å². The minimum Gasteiger partial charge on any atom is -0.326 e. The minimum atomic E-state index is -4.05. The van der Waals surface area contributed by atoms with Crippen molar-refractivity contribution in [3.05, 3.63) is 64.2 Å². The molecule has 0 atom stereocenters. The fourth-order valence-corrected chi connectivity index (χ4v) is 3.12. The van der Waals surface area contributed by atoms with Crippen LogP contribution in [0.3, 0.4) is 0 Å². The number of carbonyl (C=O) groups is 1. The Hall–Kier alpha value is -3.22. The van der Waals surface area contributed by atoms with Gasteiger partial charge in [-0.1, -0.05) is 24.0 Å². The highest BCUT2D eigenvalue weighted by Gasteiger charge is 2.24. The first-order valence-electron chi connectivity index (χ1n) is 7.39. The van der Waals surface area contributed by atoms with Crippen molar-refractivity contribution in [3.63, 3.8) is 0 Å². The van der Waals surface area contributed by atoms with Crippen molar-refractivity contribution in [3.8, 4) is 11.8 Å². The van der Waals surface area contributed by atoms with Gasteiger partial charge < -0.3 is 5.32 Å². The van der Waals surface area contributed by atoms with Crippen molar-refractivity contribution in [1.82, 2.24) is 4.72 Å². The van der Waals surface area contributed by atoms with E-state index in [-0.39, 0.29) is 12.5 Å². The van der Waals surface area contributed by atoms with Crippen LogP contribution in [0, 0.1) is 22.0 Å². The molecule has 2 rings (SSSR count). The highest BCUT2D eigenvalue weighted by Crippen LogP contribution is 2.22. The number of para-hydroxylation sites is 1. The highest BCUT2D eigenvalue weighted by molar-refractivity contribution is 7.89. The first-order chi connectivity index (χ1) is 12.3. The molecule has 8 nitrogen and oxygen atoms in total. The molecular formula is C17H15N3O5S. The Labute approximate surface area is 150 Å². The van der Waals surface area contributed by atoms with Gasteiger partial charge in [0.05, 0.1) is 11.5 Å². The van der Waals surface area contributed by atoms with Gasteiger partial charge >= 0.3 is 0 Å². The number of amides is 1. The Morgan fingerprint density at radius 3 is 2.42 bits per heavy atom. The third-order valence-corrected chi connectivity index (χ3v) is 4.59. The van der Waals surface area contributed by atoms with Gasteiger partial charge in [-0.3, -0.25) is 14.9 Å². The molecule has 0 heterocycles. The molecule has 2 aromatic carbocycles. The molecular weight excluding hydrogens is 358 g/mol. The van der Waals surface area contributed by atoms with E-state index in [0.29, 0.717) is 11.3 Å². The van der Waals surface area contributed by atoms with Crippen molar-refractivity contribution in [2.75, 3.05) is 11.9 Å². The average molecular weight is 373 g/mol. The lowest BCUT2D eigenvalue weighted by molar-refractivity contribution is -0.387. The van der Waals surface area contributed by atoms with Gasteiger partial charge in [0, 0.05) is 24.2 Å². The standard InChI is InChI=1S/C17H15N3O5S/c1-13(21)19-15-10-8-14(9-11-15)5-4-12-18-26(24,25)17-7-3-2-6-16(17)20(22)23/h2-3,6-11,18H,12H2,1H3,(H,19,21). The number of nitrogens with one attached hydrogen (secondary N) is 2. The monoisotopic (exact) mass is 373 g/mol. The topological polar surface area (TPSA) is 118 Å². The largest absolute Gasteiger partial charge is 0.326 e. The highest BCUT2D eigenvalue weighted by atomic mass is 32.2. The molecule has 9 heteroatoms. The van der Waals surface area contributed by atoms with Crippen LogP contribution in [0.5, 0.6) is 0 Å². The van der Waals surface area contributed by atoms with E-state index in [1.807, 2.05) is 0 Å². The predicted octanol–water partition coefficient (Wildman–Crippen LogP) is 1.88. The molecule has 2 aromatic rings. The lowest BCUT2D eigenvalue weighted by Crippen LogP contribution is -2.24. The molecule has 0 aliphatic rings. The SMILES string of the molecule is CC(=O)Nc1ccc(C#CCNS(=O)(=O)c2ccccc2[N+](=O)[O-])cc1. The third kappa shape index (κ3) is 5.14. The summed E-state index contributed by atoms with van der Waals surface area (Å²) in [5.41, 5.74) is 0.755. The van der Waals surface area contributed by atoms with Crippen molar-refractivity contribution < 1.29 is 18.1 Å². The van der Waals surface area contributed by atoms with Crippen molar-refractivity contribution in [2.24, 2.45) is 0 Å². The summed E-state index contributed by atoms with van der Waals surface area (Å²) in [5.74, 6) is 5.22. The maximum Gasteiger partial charge on any atom is 0.289 e. The number of rotatable bonds is 5. The number of sulfonamides is 1. The van der Waals surface area contributed by atoms with Crippen LogP contribution >= 0.6 is 0 Å². The summed E-state index contributed by atoms with van der Waals surface area (Å²) in [4.78, 5) is 20.7. The molecule has 0 saturated heterocycles. The van der Waals surface area contributed by atoms with E-state index in [2.05, 4.69) is 21.9 Å².